The van der Waals surface area contributed by atoms with Crippen molar-refractivity contribution in [2.75, 3.05) is 13.7 Å². The van der Waals surface area contributed by atoms with E-state index in [4.69, 9.17) is 15.2 Å². The number of rotatable bonds is 1. The molecule has 0 saturated carbocycles. The van der Waals surface area contributed by atoms with E-state index >= 15 is 0 Å². The van der Waals surface area contributed by atoms with Crippen molar-refractivity contribution < 1.29 is 19.1 Å². The molecule has 1 fully saturated rings. The van der Waals surface area contributed by atoms with Gasteiger partial charge in [-0.05, 0) is 40.5 Å². The lowest BCUT2D eigenvalue weighted by Gasteiger charge is -2.44. The van der Waals surface area contributed by atoms with Crippen LogP contribution in [0, 0.1) is 0 Å². The number of hydrogen-bond acceptors (Lipinski definition) is 5. The molecule has 2 unspecified atom stereocenters. The lowest BCUT2D eigenvalue weighted by Crippen LogP contribution is -2.66. The first kappa shape index (κ1) is 15.8. The van der Waals surface area contributed by atoms with Gasteiger partial charge in [-0.25, -0.2) is 9.59 Å². The highest BCUT2D eigenvalue weighted by atomic mass is 16.6. The van der Waals surface area contributed by atoms with Crippen LogP contribution in [0.2, 0.25) is 0 Å². The number of hydrogen-bond donors (Lipinski definition) is 1. The number of esters is 1. The zero-order valence-electron chi connectivity index (χ0n) is 12.4. The fraction of sp³-hybridized carbons (Fsp3) is 0.846. The molecule has 1 amide bonds. The zero-order valence-corrected chi connectivity index (χ0v) is 12.4. The molecule has 6 nitrogen and oxygen atoms in total. The molecule has 19 heavy (non-hydrogen) atoms. The van der Waals surface area contributed by atoms with Gasteiger partial charge < -0.3 is 20.1 Å². The summed E-state index contributed by atoms with van der Waals surface area (Å²) in [5, 5.41) is 0. The topological polar surface area (TPSA) is 81.9 Å². The smallest absolute Gasteiger partial charge is 0.410 e. The predicted octanol–water partition coefficient (Wildman–Crippen LogP) is 1.28. The number of likely N-dealkylation sites (tertiary alicyclic amines) is 1. The van der Waals surface area contributed by atoms with Crippen LogP contribution in [0.25, 0.3) is 0 Å². The first-order valence-corrected chi connectivity index (χ1v) is 6.49. The van der Waals surface area contributed by atoms with Crippen LogP contribution in [0.15, 0.2) is 0 Å². The highest BCUT2D eigenvalue weighted by Gasteiger charge is 2.48. The van der Waals surface area contributed by atoms with Crippen molar-refractivity contribution >= 4 is 12.1 Å². The van der Waals surface area contributed by atoms with Crippen LogP contribution in [-0.4, -0.2) is 47.8 Å². The highest BCUT2D eigenvalue weighted by molar-refractivity contribution is 5.83. The number of amides is 1. The molecule has 1 saturated heterocycles. The molecule has 1 aliphatic heterocycles. The Morgan fingerprint density at radius 2 is 1.95 bits per heavy atom. The lowest BCUT2D eigenvalue weighted by molar-refractivity contribution is -0.151. The summed E-state index contributed by atoms with van der Waals surface area (Å²) in [5.74, 6) is -0.492. The van der Waals surface area contributed by atoms with Crippen molar-refractivity contribution in [2.24, 2.45) is 5.73 Å². The van der Waals surface area contributed by atoms with E-state index in [1.54, 1.807) is 27.7 Å². The molecule has 0 aromatic rings. The molecule has 0 spiro atoms. The Bertz CT molecular complexity index is 364. The average Bonchev–Trinajstić information content (AvgIpc) is 2.29. The molecule has 0 aliphatic carbocycles. The SMILES string of the molecule is COC(=O)C1(N)CCCN(C(=O)OC(C)(C)C)C1C. The van der Waals surface area contributed by atoms with Crippen LogP contribution < -0.4 is 5.73 Å². The van der Waals surface area contributed by atoms with Gasteiger partial charge in [-0.2, -0.15) is 0 Å². The normalized spacial score (nSPS) is 27.9. The number of piperidine rings is 1. The van der Waals surface area contributed by atoms with E-state index < -0.39 is 29.2 Å². The van der Waals surface area contributed by atoms with E-state index in [0.29, 0.717) is 19.4 Å². The summed E-state index contributed by atoms with van der Waals surface area (Å²) in [6.45, 7) is 7.69. The van der Waals surface area contributed by atoms with Gasteiger partial charge in [0.25, 0.3) is 0 Å². The van der Waals surface area contributed by atoms with Gasteiger partial charge in [0.1, 0.15) is 11.1 Å². The maximum Gasteiger partial charge on any atom is 0.410 e. The van der Waals surface area contributed by atoms with Crippen LogP contribution in [0.1, 0.15) is 40.5 Å². The number of ether oxygens (including phenoxy) is 2. The van der Waals surface area contributed by atoms with Gasteiger partial charge in [0.15, 0.2) is 0 Å². The molecule has 1 aliphatic rings. The summed E-state index contributed by atoms with van der Waals surface area (Å²) in [7, 11) is 1.30. The van der Waals surface area contributed by atoms with E-state index in [-0.39, 0.29) is 0 Å². The molecule has 1 heterocycles. The van der Waals surface area contributed by atoms with Gasteiger partial charge in [-0.3, -0.25) is 0 Å². The summed E-state index contributed by atoms with van der Waals surface area (Å²) >= 11 is 0. The first-order valence-electron chi connectivity index (χ1n) is 6.49. The van der Waals surface area contributed by atoms with Crippen molar-refractivity contribution in [1.82, 2.24) is 4.90 Å². The van der Waals surface area contributed by atoms with Crippen molar-refractivity contribution in [3.63, 3.8) is 0 Å². The lowest BCUT2D eigenvalue weighted by atomic mass is 9.83. The summed E-state index contributed by atoms with van der Waals surface area (Å²) in [6.07, 6.45) is 0.702. The van der Waals surface area contributed by atoms with Crippen molar-refractivity contribution in [1.29, 1.82) is 0 Å². The number of methoxy groups -OCH3 is 1. The highest BCUT2D eigenvalue weighted by Crippen LogP contribution is 2.28. The third-order valence-electron chi connectivity index (χ3n) is 3.40. The van der Waals surface area contributed by atoms with Gasteiger partial charge in [0, 0.05) is 6.54 Å². The average molecular weight is 272 g/mol. The van der Waals surface area contributed by atoms with Crippen molar-refractivity contribution in [2.45, 2.75) is 57.7 Å². The summed E-state index contributed by atoms with van der Waals surface area (Å²) in [6, 6.07) is -0.455. The second-order valence-corrected chi connectivity index (χ2v) is 5.99. The van der Waals surface area contributed by atoms with E-state index in [1.165, 1.54) is 12.0 Å². The molecule has 0 aromatic carbocycles. The fourth-order valence-corrected chi connectivity index (χ4v) is 2.26. The molecule has 0 bridgehead atoms. The third-order valence-corrected chi connectivity index (χ3v) is 3.40. The van der Waals surface area contributed by atoms with E-state index in [1.807, 2.05) is 0 Å². The van der Waals surface area contributed by atoms with Crippen LogP contribution in [0.4, 0.5) is 4.79 Å². The van der Waals surface area contributed by atoms with Crippen LogP contribution in [-0.2, 0) is 14.3 Å². The van der Waals surface area contributed by atoms with Gasteiger partial charge >= 0.3 is 12.1 Å². The number of nitrogens with two attached hydrogens (primary N) is 1. The number of carbonyl (C=O) groups is 2. The predicted molar refractivity (Wildman–Crippen MR) is 70.6 cm³/mol. The molecule has 0 aromatic heterocycles. The van der Waals surface area contributed by atoms with E-state index in [0.717, 1.165) is 0 Å². The molecule has 0 radical (unpaired) electrons. The van der Waals surface area contributed by atoms with Crippen LogP contribution >= 0.6 is 0 Å². The Balaban J connectivity index is 2.87. The Hall–Kier alpha value is -1.30. The minimum absolute atomic E-state index is 0.446. The maximum absolute atomic E-state index is 12.1. The maximum atomic E-state index is 12.1. The molecule has 1 rings (SSSR count). The molecule has 110 valence electrons. The van der Waals surface area contributed by atoms with Gasteiger partial charge in [-0.15, -0.1) is 0 Å². The Morgan fingerprint density at radius 1 is 1.37 bits per heavy atom. The number of nitrogens with zero attached hydrogens (tertiary/aromatic N) is 1. The minimum atomic E-state index is -1.16. The molecule has 6 heteroatoms. The second-order valence-electron chi connectivity index (χ2n) is 5.99. The van der Waals surface area contributed by atoms with Crippen molar-refractivity contribution in [3.05, 3.63) is 0 Å². The largest absolute Gasteiger partial charge is 0.468 e. The summed E-state index contributed by atoms with van der Waals surface area (Å²) in [4.78, 5) is 25.5. The monoisotopic (exact) mass is 272 g/mol. The zero-order chi connectivity index (χ0) is 14.8. The van der Waals surface area contributed by atoms with Gasteiger partial charge in [-0.1, -0.05) is 0 Å². The van der Waals surface area contributed by atoms with E-state index in [9.17, 15) is 9.59 Å². The third kappa shape index (κ3) is 3.37. The van der Waals surface area contributed by atoms with Gasteiger partial charge in [0.05, 0.1) is 13.2 Å². The Morgan fingerprint density at radius 3 is 2.42 bits per heavy atom. The first-order chi connectivity index (χ1) is 8.62. The fourth-order valence-electron chi connectivity index (χ4n) is 2.26. The minimum Gasteiger partial charge on any atom is -0.468 e. The Kier molecular flexibility index (Phi) is 4.45. The van der Waals surface area contributed by atoms with Crippen LogP contribution in [0.3, 0.4) is 0 Å². The molecule has 2 N–H and O–H groups in total. The van der Waals surface area contributed by atoms with Crippen LogP contribution in [0.5, 0.6) is 0 Å². The molecule has 2 atom stereocenters. The van der Waals surface area contributed by atoms with Gasteiger partial charge in [0.2, 0.25) is 0 Å². The Labute approximate surface area is 114 Å². The summed E-state index contributed by atoms with van der Waals surface area (Å²) in [5.41, 5.74) is 4.39. The number of carbonyl (C=O) groups excluding carboxylic acids is 2. The molecular formula is C13H24N2O4. The summed E-state index contributed by atoms with van der Waals surface area (Å²) < 4.78 is 10.1. The quantitative estimate of drug-likeness (QED) is 0.727. The van der Waals surface area contributed by atoms with E-state index in [2.05, 4.69) is 0 Å². The molecular weight excluding hydrogens is 248 g/mol. The van der Waals surface area contributed by atoms with Crippen molar-refractivity contribution in [3.8, 4) is 0 Å². The standard InChI is InChI=1S/C13H24N2O4/c1-9-13(14,10(16)18-5)7-6-8-15(9)11(17)19-12(2,3)4/h9H,6-8,14H2,1-5H3. The second kappa shape index (κ2) is 5.36.